The molecule has 0 atom stereocenters. The third-order valence-electron chi connectivity index (χ3n) is 6.66. The van der Waals surface area contributed by atoms with Gasteiger partial charge in [-0.15, -0.1) is 0 Å². The highest BCUT2D eigenvalue weighted by atomic mass is 16.5. The van der Waals surface area contributed by atoms with Gasteiger partial charge in [-0.2, -0.15) is 0 Å². The summed E-state index contributed by atoms with van der Waals surface area (Å²) >= 11 is 0. The zero-order valence-electron chi connectivity index (χ0n) is 19.7. The van der Waals surface area contributed by atoms with Crippen LogP contribution >= 0.6 is 0 Å². The smallest absolute Gasteiger partial charge is 0.260 e. The fourth-order valence-electron chi connectivity index (χ4n) is 4.54. The molecule has 1 aliphatic heterocycles. The number of piperidine rings is 1. The van der Waals surface area contributed by atoms with E-state index in [1.807, 2.05) is 65.6 Å². The van der Waals surface area contributed by atoms with Gasteiger partial charge in [-0.25, -0.2) is 0 Å². The quantitative estimate of drug-likeness (QED) is 0.550. The molecule has 5 heteroatoms. The van der Waals surface area contributed by atoms with Gasteiger partial charge < -0.3 is 15.0 Å². The van der Waals surface area contributed by atoms with Crippen molar-refractivity contribution in [1.29, 1.82) is 0 Å². The molecule has 1 aliphatic rings. The van der Waals surface area contributed by atoms with Gasteiger partial charge in [0, 0.05) is 19.6 Å². The summed E-state index contributed by atoms with van der Waals surface area (Å²) in [5.41, 5.74) is 2.81. The van der Waals surface area contributed by atoms with Gasteiger partial charge in [-0.05, 0) is 49.4 Å². The average Bonchev–Trinajstić information content (AvgIpc) is 2.89. The molecule has 0 saturated carbocycles. The SMILES string of the molecule is Cc1ccc(CCNC(=O)C2(c3ccccc3)CCN(C(=O)COc3ccccc3)CC2)cc1. The standard InChI is InChI=1S/C29H32N2O3/c1-23-12-14-24(15-13-23)16-19-30-28(33)29(25-8-4-2-5-9-25)17-20-31(21-18-29)27(32)22-34-26-10-6-3-7-11-26/h2-15H,16-22H2,1H3,(H,30,33). The third kappa shape index (κ3) is 5.66. The highest BCUT2D eigenvalue weighted by molar-refractivity contribution is 5.89. The van der Waals surface area contributed by atoms with Crippen LogP contribution in [-0.2, 0) is 21.4 Å². The minimum absolute atomic E-state index is 0.00506. The number of ether oxygens (including phenoxy) is 1. The molecule has 1 heterocycles. The van der Waals surface area contributed by atoms with E-state index in [1.54, 1.807) is 0 Å². The Morgan fingerprint density at radius 1 is 0.882 bits per heavy atom. The molecular formula is C29H32N2O3. The van der Waals surface area contributed by atoms with E-state index in [9.17, 15) is 9.59 Å². The molecule has 2 amide bonds. The molecule has 34 heavy (non-hydrogen) atoms. The summed E-state index contributed by atoms with van der Waals surface area (Å²) in [6, 6.07) is 27.7. The molecule has 0 radical (unpaired) electrons. The van der Waals surface area contributed by atoms with Gasteiger partial charge in [-0.3, -0.25) is 9.59 Å². The number of carbonyl (C=O) groups is 2. The van der Waals surface area contributed by atoms with E-state index in [1.165, 1.54) is 11.1 Å². The summed E-state index contributed by atoms with van der Waals surface area (Å²) in [4.78, 5) is 28.1. The normalized spacial score (nSPS) is 14.9. The molecular weight excluding hydrogens is 424 g/mol. The van der Waals surface area contributed by atoms with Crippen LogP contribution < -0.4 is 10.1 Å². The van der Waals surface area contributed by atoms with Crippen molar-refractivity contribution in [2.24, 2.45) is 0 Å². The number of hydrogen-bond donors (Lipinski definition) is 1. The Bertz CT molecular complexity index is 1070. The van der Waals surface area contributed by atoms with Gasteiger partial charge in [-0.1, -0.05) is 78.4 Å². The van der Waals surface area contributed by atoms with Crippen LogP contribution in [0.5, 0.6) is 5.75 Å². The molecule has 0 aliphatic carbocycles. The molecule has 1 saturated heterocycles. The van der Waals surface area contributed by atoms with Crippen molar-refractivity contribution in [3.05, 3.63) is 102 Å². The first-order valence-corrected chi connectivity index (χ1v) is 11.9. The van der Waals surface area contributed by atoms with Crippen LogP contribution in [0.1, 0.15) is 29.5 Å². The van der Waals surface area contributed by atoms with E-state index in [4.69, 9.17) is 4.74 Å². The number of likely N-dealkylation sites (tertiary alicyclic amines) is 1. The topological polar surface area (TPSA) is 58.6 Å². The minimum atomic E-state index is -0.633. The predicted molar refractivity (Wildman–Crippen MR) is 134 cm³/mol. The second-order valence-corrected chi connectivity index (χ2v) is 8.92. The van der Waals surface area contributed by atoms with Crippen LogP contribution in [0.3, 0.4) is 0 Å². The van der Waals surface area contributed by atoms with Crippen LogP contribution in [0.25, 0.3) is 0 Å². The Balaban J connectivity index is 1.38. The first-order valence-electron chi connectivity index (χ1n) is 11.9. The lowest BCUT2D eigenvalue weighted by Gasteiger charge is -2.41. The number of amides is 2. The van der Waals surface area contributed by atoms with Crippen molar-refractivity contribution >= 4 is 11.8 Å². The Hall–Kier alpha value is -3.60. The maximum Gasteiger partial charge on any atom is 0.260 e. The van der Waals surface area contributed by atoms with Crippen molar-refractivity contribution < 1.29 is 14.3 Å². The van der Waals surface area contributed by atoms with Gasteiger partial charge in [0.25, 0.3) is 5.91 Å². The molecule has 0 bridgehead atoms. The largest absolute Gasteiger partial charge is 0.484 e. The maximum absolute atomic E-state index is 13.5. The van der Waals surface area contributed by atoms with E-state index >= 15 is 0 Å². The maximum atomic E-state index is 13.5. The van der Waals surface area contributed by atoms with Crippen molar-refractivity contribution in [3.8, 4) is 5.75 Å². The monoisotopic (exact) mass is 456 g/mol. The molecule has 1 fully saturated rings. The first-order chi connectivity index (χ1) is 16.6. The van der Waals surface area contributed by atoms with Crippen molar-refractivity contribution in [3.63, 3.8) is 0 Å². The van der Waals surface area contributed by atoms with E-state index in [0.717, 1.165) is 12.0 Å². The Morgan fingerprint density at radius 2 is 1.50 bits per heavy atom. The van der Waals surface area contributed by atoms with Crippen LogP contribution in [0.2, 0.25) is 0 Å². The van der Waals surface area contributed by atoms with Gasteiger partial charge in [0.05, 0.1) is 5.41 Å². The van der Waals surface area contributed by atoms with Crippen molar-refractivity contribution in [2.45, 2.75) is 31.6 Å². The number of hydrogen-bond acceptors (Lipinski definition) is 3. The van der Waals surface area contributed by atoms with E-state index in [0.29, 0.717) is 38.2 Å². The number of para-hydroxylation sites is 1. The number of aryl methyl sites for hydroxylation is 1. The van der Waals surface area contributed by atoms with Gasteiger partial charge in [0.15, 0.2) is 6.61 Å². The van der Waals surface area contributed by atoms with E-state index in [-0.39, 0.29) is 18.4 Å². The second-order valence-electron chi connectivity index (χ2n) is 8.92. The summed E-state index contributed by atoms with van der Waals surface area (Å²) in [7, 11) is 0. The molecule has 3 aromatic rings. The van der Waals surface area contributed by atoms with Crippen molar-refractivity contribution in [1.82, 2.24) is 10.2 Å². The van der Waals surface area contributed by atoms with Gasteiger partial charge >= 0.3 is 0 Å². The minimum Gasteiger partial charge on any atom is -0.484 e. The Morgan fingerprint density at radius 3 is 2.15 bits per heavy atom. The third-order valence-corrected chi connectivity index (χ3v) is 6.66. The fraction of sp³-hybridized carbons (Fsp3) is 0.310. The molecule has 0 spiro atoms. The predicted octanol–water partition coefficient (Wildman–Crippen LogP) is 4.29. The van der Waals surface area contributed by atoms with E-state index < -0.39 is 5.41 Å². The number of nitrogens with zero attached hydrogens (tertiary/aromatic N) is 1. The number of carbonyl (C=O) groups excluding carboxylic acids is 2. The van der Waals surface area contributed by atoms with Crippen molar-refractivity contribution in [2.75, 3.05) is 26.2 Å². The highest BCUT2D eigenvalue weighted by Crippen LogP contribution is 2.36. The van der Waals surface area contributed by atoms with Crippen LogP contribution in [0, 0.1) is 6.92 Å². The van der Waals surface area contributed by atoms with Gasteiger partial charge in [0.2, 0.25) is 5.91 Å². The van der Waals surface area contributed by atoms with Crippen LogP contribution in [-0.4, -0.2) is 43.0 Å². The molecule has 0 aromatic heterocycles. The molecule has 0 unspecified atom stereocenters. The van der Waals surface area contributed by atoms with E-state index in [2.05, 4.69) is 36.5 Å². The summed E-state index contributed by atoms with van der Waals surface area (Å²) in [5.74, 6) is 0.670. The lowest BCUT2D eigenvalue weighted by atomic mass is 9.72. The average molecular weight is 457 g/mol. The summed E-state index contributed by atoms with van der Waals surface area (Å²) in [5, 5.41) is 3.18. The van der Waals surface area contributed by atoms with Gasteiger partial charge in [0.1, 0.15) is 5.75 Å². The number of benzene rings is 3. The number of rotatable bonds is 8. The molecule has 4 rings (SSSR count). The summed E-state index contributed by atoms with van der Waals surface area (Å²) in [6.07, 6.45) is 1.97. The Kier molecular flexibility index (Phi) is 7.63. The molecule has 1 N–H and O–H groups in total. The van der Waals surface area contributed by atoms with Crippen LogP contribution in [0.4, 0.5) is 0 Å². The molecule has 176 valence electrons. The lowest BCUT2D eigenvalue weighted by Crippen LogP contribution is -2.53. The fourth-order valence-corrected chi connectivity index (χ4v) is 4.54. The summed E-state index contributed by atoms with van der Waals surface area (Å²) < 4.78 is 5.64. The molecule has 5 nitrogen and oxygen atoms in total. The zero-order chi connectivity index (χ0) is 23.8. The lowest BCUT2D eigenvalue weighted by molar-refractivity contribution is -0.138. The zero-order valence-corrected chi connectivity index (χ0v) is 19.7. The summed E-state index contributed by atoms with van der Waals surface area (Å²) in [6.45, 7) is 3.71. The Labute approximate surface area is 201 Å². The second kappa shape index (κ2) is 11.0. The number of nitrogens with one attached hydrogen (secondary N) is 1. The van der Waals surface area contributed by atoms with Crippen LogP contribution in [0.15, 0.2) is 84.9 Å². The first kappa shape index (κ1) is 23.6. The highest BCUT2D eigenvalue weighted by Gasteiger charge is 2.43. The molecule has 3 aromatic carbocycles.